The highest BCUT2D eigenvalue weighted by Crippen LogP contribution is 2.24. The second kappa shape index (κ2) is 8.36. The van der Waals surface area contributed by atoms with Gasteiger partial charge >= 0.3 is 6.09 Å². The molecular weight excluding hydrogens is 387 g/mol. The Hall–Kier alpha value is -3.68. The molecule has 0 fully saturated rings. The van der Waals surface area contributed by atoms with Crippen LogP contribution in [0.1, 0.15) is 36.8 Å². The molecule has 2 N–H and O–H groups in total. The molecule has 1 heterocycles. The van der Waals surface area contributed by atoms with Crippen LogP contribution in [0, 0.1) is 12.7 Å². The molecule has 0 spiro atoms. The second-order valence-corrected chi connectivity index (χ2v) is 7.70. The minimum absolute atomic E-state index is 0.123. The zero-order valence-electron chi connectivity index (χ0n) is 17.2. The first-order valence-corrected chi connectivity index (χ1v) is 9.34. The van der Waals surface area contributed by atoms with Gasteiger partial charge in [-0.1, -0.05) is 0 Å². The predicted molar refractivity (Wildman–Crippen MR) is 113 cm³/mol. The quantitative estimate of drug-likeness (QED) is 0.639. The van der Waals surface area contributed by atoms with E-state index in [0.29, 0.717) is 5.56 Å². The molecule has 0 aliphatic rings. The number of carbonyl (C=O) groups is 2. The van der Waals surface area contributed by atoms with Crippen molar-refractivity contribution in [3.05, 3.63) is 71.8 Å². The summed E-state index contributed by atoms with van der Waals surface area (Å²) in [4.78, 5) is 24.7. The number of amides is 2. The van der Waals surface area contributed by atoms with Crippen molar-refractivity contribution in [3.8, 4) is 5.69 Å². The molecule has 0 atom stereocenters. The summed E-state index contributed by atoms with van der Waals surface area (Å²) in [7, 11) is 0. The van der Waals surface area contributed by atoms with Crippen LogP contribution in [0.15, 0.2) is 54.7 Å². The number of aromatic nitrogens is 2. The normalized spacial score (nSPS) is 11.1. The van der Waals surface area contributed by atoms with Crippen LogP contribution in [0.25, 0.3) is 5.69 Å². The summed E-state index contributed by atoms with van der Waals surface area (Å²) in [5.74, 6) is -0.999. The fourth-order valence-corrected chi connectivity index (χ4v) is 2.73. The summed E-state index contributed by atoms with van der Waals surface area (Å²) in [6, 6.07) is 12.4. The molecular formula is C22H23FN4O3. The van der Waals surface area contributed by atoms with Gasteiger partial charge in [0.05, 0.1) is 17.1 Å². The maximum Gasteiger partial charge on any atom is 0.412 e. The van der Waals surface area contributed by atoms with Gasteiger partial charge in [-0.2, -0.15) is 5.10 Å². The van der Waals surface area contributed by atoms with Crippen molar-refractivity contribution in [3.63, 3.8) is 0 Å². The van der Waals surface area contributed by atoms with Gasteiger partial charge in [-0.25, -0.2) is 13.9 Å². The van der Waals surface area contributed by atoms with Crippen molar-refractivity contribution in [2.75, 3.05) is 10.6 Å². The molecule has 0 bridgehead atoms. The number of hydrogen-bond acceptors (Lipinski definition) is 4. The lowest BCUT2D eigenvalue weighted by molar-refractivity contribution is 0.0635. The first kappa shape index (κ1) is 21.0. The second-order valence-electron chi connectivity index (χ2n) is 7.70. The van der Waals surface area contributed by atoms with Gasteiger partial charge in [-0.3, -0.25) is 10.1 Å². The number of anilines is 2. The van der Waals surface area contributed by atoms with Crippen LogP contribution in [0.3, 0.4) is 0 Å². The summed E-state index contributed by atoms with van der Waals surface area (Å²) in [5, 5.41) is 9.39. The number of nitrogens with zero attached hydrogens (tertiary/aromatic N) is 2. The first-order valence-electron chi connectivity index (χ1n) is 9.34. The van der Waals surface area contributed by atoms with E-state index in [2.05, 4.69) is 15.7 Å². The van der Waals surface area contributed by atoms with Crippen molar-refractivity contribution in [1.29, 1.82) is 0 Å². The van der Waals surface area contributed by atoms with Gasteiger partial charge < -0.3 is 10.1 Å². The van der Waals surface area contributed by atoms with Crippen LogP contribution in [-0.2, 0) is 4.74 Å². The molecule has 0 saturated heterocycles. The number of aryl methyl sites for hydroxylation is 1. The molecule has 156 valence electrons. The molecule has 0 radical (unpaired) electrons. The van der Waals surface area contributed by atoms with Crippen molar-refractivity contribution >= 4 is 23.4 Å². The molecule has 3 rings (SSSR count). The molecule has 1 aromatic heterocycles. The van der Waals surface area contributed by atoms with E-state index in [1.807, 2.05) is 13.0 Å². The van der Waals surface area contributed by atoms with Gasteiger partial charge in [-0.05, 0) is 76.2 Å². The van der Waals surface area contributed by atoms with Crippen molar-refractivity contribution in [2.45, 2.75) is 33.3 Å². The average molecular weight is 410 g/mol. The molecule has 7 nitrogen and oxygen atoms in total. The van der Waals surface area contributed by atoms with Crippen molar-refractivity contribution < 1.29 is 18.7 Å². The molecule has 8 heteroatoms. The van der Waals surface area contributed by atoms with E-state index in [1.54, 1.807) is 55.9 Å². The Morgan fingerprint density at radius 1 is 1.00 bits per heavy atom. The van der Waals surface area contributed by atoms with E-state index in [-0.39, 0.29) is 11.4 Å². The highest BCUT2D eigenvalue weighted by atomic mass is 19.1. The van der Waals surface area contributed by atoms with Gasteiger partial charge in [0.15, 0.2) is 0 Å². The molecule has 0 unspecified atom stereocenters. The Morgan fingerprint density at radius 2 is 1.70 bits per heavy atom. The number of ether oxygens (including phenoxy) is 1. The highest BCUT2D eigenvalue weighted by Gasteiger charge is 2.18. The van der Waals surface area contributed by atoms with Crippen molar-refractivity contribution in [1.82, 2.24) is 9.78 Å². The summed E-state index contributed by atoms with van der Waals surface area (Å²) in [5.41, 5.74) is 1.80. The van der Waals surface area contributed by atoms with Gasteiger partial charge in [0, 0.05) is 17.5 Å². The lowest BCUT2D eigenvalue weighted by Crippen LogP contribution is -2.27. The first-order chi connectivity index (χ1) is 14.1. The Labute approximate surface area is 173 Å². The van der Waals surface area contributed by atoms with Gasteiger partial charge in [0.2, 0.25) is 0 Å². The van der Waals surface area contributed by atoms with E-state index >= 15 is 0 Å². The van der Waals surface area contributed by atoms with Crippen LogP contribution in [0.4, 0.5) is 20.6 Å². The number of nitrogens with one attached hydrogen (secondary N) is 2. The summed E-state index contributed by atoms with van der Waals surface area (Å²) in [6.45, 7) is 7.12. The molecule has 3 aromatic rings. The molecule has 0 aliphatic carbocycles. The minimum Gasteiger partial charge on any atom is -0.444 e. The topological polar surface area (TPSA) is 85.3 Å². The maximum atomic E-state index is 13.8. The maximum absolute atomic E-state index is 13.8. The van der Waals surface area contributed by atoms with Gasteiger partial charge in [0.1, 0.15) is 11.4 Å². The van der Waals surface area contributed by atoms with Crippen LogP contribution in [0.2, 0.25) is 0 Å². The zero-order chi connectivity index (χ0) is 21.9. The third kappa shape index (κ3) is 5.22. The predicted octanol–water partition coefficient (Wildman–Crippen LogP) is 4.92. The van der Waals surface area contributed by atoms with E-state index < -0.39 is 23.4 Å². The lowest BCUT2D eigenvalue weighted by atomic mass is 10.1. The highest BCUT2D eigenvalue weighted by molar-refractivity contribution is 6.07. The SMILES string of the molecule is Cc1ccnn1-c1ccc(C(=O)Nc2cc(F)ccc2NC(=O)OC(C)(C)C)cc1. The summed E-state index contributed by atoms with van der Waals surface area (Å²) in [6.07, 6.45) is 0.989. The Bertz CT molecular complexity index is 1070. The van der Waals surface area contributed by atoms with Crippen LogP contribution >= 0.6 is 0 Å². The Balaban J connectivity index is 1.77. The number of rotatable bonds is 4. The fourth-order valence-electron chi connectivity index (χ4n) is 2.73. The monoisotopic (exact) mass is 410 g/mol. The molecule has 0 aliphatic heterocycles. The molecule has 2 aromatic carbocycles. The van der Waals surface area contributed by atoms with Crippen LogP contribution < -0.4 is 10.6 Å². The fraction of sp³-hybridized carbons (Fsp3) is 0.227. The van der Waals surface area contributed by atoms with Crippen LogP contribution in [-0.4, -0.2) is 27.4 Å². The number of carbonyl (C=O) groups excluding carboxylic acids is 2. The van der Waals surface area contributed by atoms with Crippen LogP contribution in [0.5, 0.6) is 0 Å². The smallest absolute Gasteiger partial charge is 0.412 e. The van der Waals surface area contributed by atoms with E-state index in [1.165, 1.54) is 12.1 Å². The standard InChI is InChI=1S/C22H23FN4O3/c1-14-11-12-24-27(14)17-8-5-15(6-9-17)20(28)25-19-13-16(23)7-10-18(19)26-21(29)30-22(2,3)4/h5-13H,1-4H3,(H,25,28)(H,26,29). The summed E-state index contributed by atoms with van der Waals surface area (Å²) >= 11 is 0. The average Bonchev–Trinajstić information content (AvgIpc) is 3.08. The van der Waals surface area contributed by atoms with Gasteiger partial charge in [0.25, 0.3) is 5.91 Å². The number of halogens is 1. The van der Waals surface area contributed by atoms with E-state index in [0.717, 1.165) is 17.4 Å². The molecule has 2 amide bonds. The van der Waals surface area contributed by atoms with E-state index in [9.17, 15) is 14.0 Å². The third-order valence-electron chi connectivity index (χ3n) is 4.07. The Kier molecular flexibility index (Phi) is 5.86. The lowest BCUT2D eigenvalue weighted by Gasteiger charge is -2.20. The van der Waals surface area contributed by atoms with Crippen molar-refractivity contribution in [2.24, 2.45) is 0 Å². The number of hydrogen-bond donors (Lipinski definition) is 2. The Morgan fingerprint density at radius 3 is 2.30 bits per heavy atom. The number of benzene rings is 2. The zero-order valence-corrected chi connectivity index (χ0v) is 17.2. The minimum atomic E-state index is -0.705. The molecule has 30 heavy (non-hydrogen) atoms. The summed E-state index contributed by atoms with van der Waals surface area (Å²) < 4.78 is 20.7. The van der Waals surface area contributed by atoms with E-state index in [4.69, 9.17) is 4.74 Å². The van der Waals surface area contributed by atoms with Gasteiger partial charge in [-0.15, -0.1) is 0 Å². The largest absolute Gasteiger partial charge is 0.444 e. The molecule has 0 saturated carbocycles. The third-order valence-corrected chi connectivity index (χ3v) is 4.07.